The molecule has 8 heteroatoms. The molecule has 0 saturated carbocycles. The average Bonchev–Trinajstić information content (AvgIpc) is 3.31. The van der Waals surface area contributed by atoms with E-state index >= 15 is 0 Å². The summed E-state index contributed by atoms with van der Waals surface area (Å²) in [5.41, 5.74) is 7.91. The lowest BCUT2D eigenvalue weighted by atomic mass is 9.97. The first kappa shape index (κ1) is 29.5. The molecule has 0 aliphatic carbocycles. The highest BCUT2D eigenvalue weighted by Crippen LogP contribution is 2.27. The number of carboxylic acid groups (broad SMARTS) is 1. The van der Waals surface area contributed by atoms with Gasteiger partial charge in [0.1, 0.15) is 5.76 Å². The molecular weight excluding hydrogens is 518 g/mol. The highest BCUT2D eigenvalue weighted by molar-refractivity contribution is 5.68. The standard InChI is InChI=1S/C33H37N3O5/c1-21(2)40-33(39)35-20-28-19-24(10-11-25(28)16-17-30(37)38)8-5-9-29-23(4)41-32(36-29)27-14-12-26(13-15-27)31-22(3)7-6-18-34-31/h6-7,10-15,18-19,21H,5,8-9,16-17,20H2,1-4H3,(H,35,39)(H,37,38). The summed E-state index contributed by atoms with van der Waals surface area (Å²) in [7, 11) is 0. The lowest BCUT2D eigenvalue weighted by Gasteiger charge is -2.14. The van der Waals surface area contributed by atoms with Crippen LogP contribution in [0.2, 0.25) is 0 Å². The molecule has 2 heterocycles. The Balaban J connectivity index is 1.39. The molecule has 0 radical (unpaired) electrons. The molecule has 0 unspecified atom stereocenters. The molecule has 0 atom stereocenters. The van der Waals surface area contributed by atoms with Gasteiger partial charge >= 0.3 is 12.1 Å². The molecule has 0 bridgehead atoms. The maximum atomic E-state index is 12.0. The van der Waals surface area contributed by atoms with E-state index in [9.17, 15) is 9.59 Å². The molecule has 0 saturated heterocycles. The van der Waals surface area contributed by atoms with Gasteiger partial charge in [-0.3, -0.25) is 9.78 Å². The molecule has 4 aromatic rings. The first-order valence-corrected chi connectivity index (χ1v) is 13.9. The summed E-state index contributed by atoms with van der Waals surface area (Å²) in [4.78, 5) is 32.4. The van der Waals surface area contributed by atoms with Crippen molar-refractivity contribution in [3.8, 4) is 22.7 Å². The molecule has 2 N–H and O–H groups in total. The van der Waals surface area contributed by atoms with Crippen molar-refractivity contribution < 1.29 is 23.8 Å². The van der Waals surface area contributed by atoms with Crippen molar-refractivity contribution >= 4 is 12.1 Å². The molecule has 1 amide bonds. The Bertz CT molecular complexity index is 1490. The van der Waals surface area contributed by atoms with Crippen molar-refractivity contribution in [2.45, 2.75) is 72.4 Å². The summed E-state index contributed by atoms with van der Waals surface area (Å²) < 4.78 is 11.2. The first-order valence-electron chi connectivity index (χ1n) is 13.9. The second kappa shape index (κ2) is 13.7. The number of amides is 1. The predicted octanol–water partition coefficient (Wildman–Crippen LogP) is 6.85. The Morgan fingerprint density at radius 3 is 2.44 bits per heavy atom. The van der Waals surface area contributed by atoms with Gasteiger partial charge in [-0.25, -0.2) is 9.78 Å². The topological polar surface area (TPSA) is 115 Å². The average molecular weight is 556 g/mol. The number of alkyl carbamates (subject to hydrolysis) is 1. The number of hydrogen-bond acceptors (Lipinski definition) is 6. The van der Waals surface area contributed by atoms with Crippen LogP contribution in [0.4, 0.5) is 4.79 Å². The van der Waals surface area contributed by atoms with E-state index in [1.54, 1.807) is 20.0 Å². The zero-order valence-electron chi connectivity index (χ0n) is 24.1. The third kappa shape index (κ3) is 8.27. The molecule has 0 aliphatic rings. The zero-order chi connectivity index (χ0) is 29.4. The van der Waals surface area contributed by atoms with Gasteiger partial charge in [0.25, 0.3) is 0 Å². The normalized spacial score (nSPS) is 11.0. The molecule has 2 aromatic heterocycles. The summed E-state index contributed by atoms with van der Waals surface area (Å²) in [6.07, 6.45) is 3.95. The minimum atomic E-state index is -0.853. The van der Waals surface area contributed by atoms with Gasteiger partial charge in [0.15, 0.2) is 0 Å². The van der Waals surface area contributed by atoms with Gasteiger partial charge in [-0.2, -0.15) is 0 Å². The number of aliphatic carboxylic acids is 1. The number of aromatic nitrogens is 2. The number of carbonyl (C=O) groups excluding carboxylic acids is 1. The number of nitrogens with one attached hydrogen (secondary N) is 1. The van der Waals surface area contributed by atoms with Gasteiger partial charge in [-0.1, -0.05) is 36.4 Å². The number of hydrogen-bond donors (Lipinski definition) is 2. The van der Waals surface area contributed by atoms with Crippen LogP contribution in [0, 0.1) is 13.8 Å². The summed E-state index contributed by atoms with van der Waals surface area (Å²) >= 11 is 0. The van der Waals surface area contributed by atoms with Crippen LogP contribution in [-0.4, -0.2) is 33.2 Å². The summed E-state index contributed by atoms with van der Waals surface area (Å²) in [6, 6.07) is 18.1. The third-order valence-electron chi connectivity index (χ3n) is 6.83. The Hall–Kier alpha value is -4.46. The maximum Gasteiger partial charge on any atom is 0.407 e. The fourth-order valence-electron chi connectivity index (χ4n) is 4.71. The zero-order valence-corrected chi connectivity index (χ0v) is 24.1. The lowest BCUT2D eigenvalue weighted by Crippen LogP contribution is -2.26. The third-order valence-corrected chi connectivity index (χ3v) is 6.83. The minimum absolute atomic E-state index is 0.0298. The predicted molar refractivity (Wildman–Crippen MR) is 158 cm³/mol. The Kier molecular flexibility index (Phi) is 9.90. The molecular formula is C33H37N3O5. The number of carboxylic acids is 1. The van der Waals surface area contributed by atoms with Crippen molar-refractivity contribution in [2.24, 2.45) is 0 Å². The van der Waals surface area contributed by atoms with E-state index in [-0.39, 0.29) is 19.1 Å². The number of oxazole rings is 1. The number of pyridine rings is 1. The van der Waals surface area contributed by atoms with Crippen LogP contribution in [-0.2, 0) is 35.3 Å². The Labute approximate surface area is 240 Å². The van der Waals surface area contributed by atoms with Gasteiger partial charge in [0.05, 0.1) is 17.5 Å². The van der Waals surface area contributed by atoms with E-state index in [0.29, 0.717) is 12.3 Å². The van der Waals surface area contributed by atoms with Crippen LogP contribution in [0.25, 0.3) is 22.7 Å². The smallest absolute Gasteiger partial charge is 0.407 e. The highest BCUT2D eigenvalue weighted by atomic mass is 16.6. The maximum absolute atomic E-state index is 12.0. The molecule has 4 rings (SSSR count). The largest absolute Gasteiger partial charge is 0.481 e. The Morgan fingerprint density at radius 2 is 1.73 bits per heavy atom. The molecule has 2 aromatic carbocycles. The number of aryl methyl sites for hydroxylation is 5. The van der Waals surface area contributed by atoms with Gasteiger partial charge in [-0.05, 0) is 93.8 Å². The van der Waals surface area contributed by atoms with Crippen LogP contribution in [0.15, 0.2) is 65.2 Å². The molecule has 0 spiro atoms. The van der Waals surface area contributed by atoms with Crippen molar-refractivity contribution in [3.63, 3.8) is 0 Å². The number of benzene rings is 2. The van der Waals surface area contributed by atoms with Gasteiger partial charge in [0, 0.05) is 30.3 Å². The van der Waals surface area contributed by atoms with Crippen LogP contribution >= 0.6 is 0 Å². The van der Waals surface area contributed by atoms with Crippen LogP contribution in [0.5, 0.6) is 0 Å². The van der Waals surface area contributed by atoms with Crippen LogP contribution in [0.1, 0.15) is 60.4 Å². The second-order valence-electron chi connectivity index (χ2n) is 10.4. The van der Waals surface area contributed by atoms with E-state index in [2.05, 4.69) is 23.3 Å². The van der Waals surface area contributed by atoms with Crippen LogP contribution in [0.3, 0.4) is 0 Å². The van der Waals surface area contributed by atoms with Gasteiger partial charge < -0.3 is 19.6 Å². The lowest BCUT2D eigenvalue weighted by molar-refractivity contribution is -0.136. The number of rotatable bonds is 12. The monoisotopic (exact) mass is 555 g/mol. The summed E-state index contributed by atoms with van der Waals surface area (Å²) in [5.74, 6) is 0.558. The summed E-state index contributed by atoms with van der Waals surface area (Å²) in [6.45, 7) is 7.85. The summed E-state index contributed by atoms with van der Waals surface area (Å²) in [5, 5.41) is 11.9. The highest BCUT2D eigenvalue weighted by Gasteiger charge is 2.14. The molecule has 41 heavy (non-hydrogen) atoms. The van der Waals surface area contributed by atoms with E-state index in [1.807, 2.05) is 55.5 Å². The van der Waals surface area contributed by atoms with Gasteiger partial charge in [0.2, 0.25) is 5.89 Å². The number of nitrogens with zero attached hydrogens (tertiary/aromatic N) is 2. The second-order valence-corrected chi connectivity index (χ2v) is 10.4. The van der Waals surface area contributed by atoms with E-state index in [4.69, 9.17) is 19.2 Å². The fraction of sp³-hybridized carbons (Fsp3) is 0.333. The van der Waals surface area contributed by atoms with Crippen LogP contribution < -0.4 is 5.32 Å². The number of carbonyl (C=O) groups is 2. The van der Waals surface area contributed by atoms with E-state index in [1.165, 1.54) is 0 Å². The molecule has 8 nitrogen and oxygen atoms in total. The minimum Gasteiger partial charge on any atom is -0.481 e. The van der Waals surface area contributed by atoms with Crippen molar-refractivity contribution in [3.05, 3.63) is 94.5 Å². The van der Waals surface area contributed by atoms with E-state index < -0.39 is 12.1 Å². The van der Waals surface area contributed by atoms with Gasteiger partial charge in [-0.15, -0.1) is 0 Å². The Morgan fingerprint density at radius 1 is 0.976 bits per heavy atom. The fourth-order valence-corrected chi connectivity index (χ4v) is 4.71. The van der Waals surface area contributed by atoms with Crippen molar-refractivity contribution in [1.29, 1.82) is 0 Å². The van der Waals surface area contributed by atoms with E-state index in [0.717, 1.165) is 69.8 Å². The quantitative estimate of drug-likeness (QED) is 0.196. The number of ether oxygens (including phenoxy) is 1. The molecule has 214 valence electrons. The SMILES string of the molecule is Cc1cccnc1-c1ccc(-c2nc(CCCc3ccc(CCC(=O)O)c(CNC(=O)OC(C)C)c3)c(C)o2)cc1. The molecule has 0 aliphatic heterocycles. The molecule has 0 fully saturated rings. The van der Waals surface area contributed by atoms with Crippen molar-refractivity contribution in [2.75, 3.05) is 0 Å². The first-order chi connectivity index (χ1) is 19.7. The van der Waals surface area contributed by atoms with Crippen molar-refractivity contribution in [1.82, 2.24) is 15.3 Å².